The summed E-state index contributed by atoms with van der Waals surface area (Å²) < 4.78 is 7.00. The van der Waals surface area contributed by atoms with Crippen LogP contribution < -0.4 is 10.3 Å². The standard InChI is InChI=1S/C22H19N3O2S/c1-27-18-9-6-7-16(13-18)15-28-22-24-20-11-3-2-10-19(20)21(26)25(22)14-17-8-4-5-12-23-17/h2-13H,14-15H2,1H3. The number of fused-ring (bicyclic) bond motifs is 1. The van der Waals surface area contributed by atoms with Crippen LogP contribution in [0.3, 0.4) is 0 Å². The van der Waals surface area contributed by atoms with Crippen molar-refractivity contribution >= 4 is 22.7 Å². The molecule has 2 heterocycles. The zero-order chi connectivity index (χ0) is 19.3. The molecule has 0 aliphatic carbocycles. The van der Waals surface area contributed by atoms with Crippen molar-refractivity contribution in [2.24, 2.45) is 0 Å². The van der Waals surface area contributed by atoms with E-state index in [1.807, 2.05) is 66.7 Å². The fraction of sp³-hybridized carbons (Fsp3) is 0.136. The number of ether oxygens (including phenoxy) is 1. The van der Waals surface area contributed by atoms with Crippen LogP contribution in [0.1, 0.15) is 11.3 Å². The van der Waals surface area contributed by atoms with Gasteiger partial charge in [0.25, 0.3) is 5.56 Å². The average molecular weight is 389 g/mol. The molecule has 0 radical (unpaired) electrons. The van der Waals surface area contributed by atoms with Gasteiger partial charge in [-0.15, -0.1) is 0 Å². The number of hydrogen-bond acceptors (Lipinski definition) is 5. The second-order valence-electron chi connectivity index (χ2n) is 6.26. The van der Waals surface area contributed by atoms with Gasteiger partial charge in [0.05, 0.1) is 30.3 Å². The van der Waals surface area contributed by atoms with E-state index in [2.05, 4.69) is 4.98 Å². The van der Waals surface area contributed by atoms with E-state index in [0.29, 0.717) is 28.4 Å². The molecule has 0 saturated carbocycles. The highest BCUT2D eigenvalue weighted by atomic mass is 32.2. The first-order chi connectivity index (χ1) is 13.7. The zero-order valence-corrected chi connectivity index (χ0v) is 16.2. The lowest BCUT2D eigenvalue weighted by Gasteiger charge is -2.13. The van der Waals surface area contributed by atoms with Crippen molar-refractivity contribution in [2.75, 3.05) is 7.11 Å². The van der Waals surface area contributed by atoms with Crippen molar-refractivity contribution in [2.45, 2.75) is 17.5 Å². The van der Waals surface area contributed by atoms with Gasteiger partial charge in [0.15, 0.2) is 5.16 Å². The first-order valence-electron chi connectivity index (χ1n) is 8.90. The number of thioether (sulfide) groups is 1. The molecule has 2 aromatic carbocycles. The Morgan fingerprint density at radius 1 is 1.04 bits per heavy atom. The molecule has 0 fully saturated rings. The Morgan fingerprint density at radius 2 is 1.89 bits per heavy atom. The third kappa shape index (κ3) is 3.92. The molecular weight excluding hydrogens is 370 g/mol. The summed E-state index contributed by atoms with van der Waals surface area (Å²) >= 11 is 1.54. The monoisotopic (exact) mass is 389 g/mol. The van der Waals surface area contributed by atoms with Gasteiger partial charge in [0, 0.05) is 11.9 Å². The Bertz CT molecular complexity index is 1160. The van der Waals surface area contributed by atoms with E-state index in [0.717, 1.165) is 17.0 Å². The Hall–Kier alpha value is -3.12. The maximum atomic E-state index is 13.1. The van der Waals surface area contributed by atoms with Gasteiger partial charge in [-0.05, 0) is 42.0 Å². The first-order valence-corrected chi connectivity index (χ1v) is 9.88. The lowest BCUT2D eigenvalue weighted by Crippen LogP contribution is -2.24. The molecule has 4 rings (SSSR count). The smallest absolute Gasteiger partial charge is 0.262 e. The molecule has 140 valence electrons. The molecule has 5 nitrogen and oxygen atoms in total. The maximum Gasteiger partial charge on any atom is 0.262 e. The summed E-state index contributed by atoms with van der Waals surface area (Å²) in [7, 11) is 1.65. The molecule has 0 atom stereocenters. The fourth-order valence-corrected chi connectivity index (χ4v) is 3.90. The van der Waals surface area contributed by atoms with Gasteiger partial charge < -0.3 is 4.74 Å². The summed E-state index contributed by atoms with van der Waals surface area (Å²) in [5.41, 5.74) is 2.59. The van der Waals surface area contributed by atoms with Crippen LogP contribution >= 0.6 is 11.8 Å². The minimum atomic E-state index is -0.0515. The summed E-state index contributed by atoms with van der Waals surface area (Å²) in [5.74, 6) is 1.50. The average Bonchev–Trinajstić information content (AvgIpc) is 2.75. The van der Waals surface area contributed by atoms with Gasteiger partial charge in [-0.2, -0.15) is 0 Å². The Kier molecular flexibility index (Phi) is 5.39. The van der Waals surface area contributed by atoms with Crippen LogP contribution in [-0.2, 0) is 12.3 Å². The van der Waals surface area contributed by atoms with Crippen LogP contribution in [-0.4, -0.2) is 21.6 Å². The van der Waals surface area contributed by atoms with Gasteiger partial charge >= 0.3 is 0 Å². The van der Waals surface area contributed by atoms with Crippen LogP contribution in [0.25, 0.3) is 10.9 Å². The molecule has 0 aliphatic heterocycles. The van der Waals surface area contributed by atoms with Gasteiger partial charge in [0.1, 0.15) is 5.75 Å². The van der Waals surface area contributed by atoms with Gasteiger partial charge in [-0.1, -0.05) is 42.1 Å². The number of pyridine rings is 1. The van der Waals surface area contributed by atoms with Gasteiger partial charge in [-0.3, -0.25) is 14.3 Å². The Morgan fingerprint density at radius 3 is 2.71 bits per heavy atom. The summed E-state index contributed by atoms with van der Waals surface area (Å²) in [6.45, 7) is 0.387. The van der Waals surface area contributed by atoms with Crippen LogP contribution in [0.2, 0.25) is 0 Å². The predicted octanol–water partition coefficient (Wildman–Crippen LogP) is 4.14. The van der Waals surface area contributed by atoms with Crippen molar-refractivity contribution in [1.29, 1.82) is 0 Å². The third-order valence-electron chi connectivity index (χ3n) is 4.37. The minimum Gasteiger partial charge on any atom is -0.497 e. The number of hydrogen-bond donors (Lipinski definition) is 0. The Balaban J connectivity index is 1.72. The number of aromatic nitrogens is 3. The molecule has 2 aromatic heterocycles. The van der Waals surface area contributed by atoms with Crippen LogP contribution in [0, 0.1) is 0 Å². The molecule has 0 spiro atoms. The van der Waals surface area contributed by atoms with E-state index in [9.17, 15) is 4.79 Å². The second kappa shape index (κ2) is 8.27. The van der Waals surface area contributed by atoms with Gasteiger partial charge in [0.2, 0.25) is 0 Å². The van der Waals surface area contributed by atoms with Crippen molar-refractivity contribution in [3.63, 3.8) is 0 Å². The molecule has 0 saturated heterocycles. The molecule has 28 heavy (non-hydrogen) atoms. The molecule has 6 heteroatoms. The molecule has 0 unspecified atom stereocenters. The minimum absolute atomic E-state index is 0.0515. The highest BCUT2D eigenvalue weighted by Gasteiger charge is 2.13. The van der Waals surface area contributed by atoms with E-state index in [1.54, 1.807) is 17.9 Å². The van der Waals surface area contributed by atoms with Gasteiger partial charge in [-0.25, -0.2) is 4.98 Å². The maximum absolute atomic E-state index is 13.1. The highest BCUT2D eigenvalue weighted by molar-refractivity contribution is 7.98. The number of methoxy groups -OCH3 is 1. The SMILES string of the molecule is COc1cccc(CSc2nc3ccccc3c(=O)n2Cc2ccccn2)c1. The van der Waals surface area contributed by atoms with Crippen molar-refractivity contribution < 1.29 is 4.74 Å². The molecule has 0 amide bonds. The summed E-state index contributed by atoms with van der Waals surface area (Å²) in [6, 6.07) is 21.1. The molecule has 0 N–H and O–H groups in total. The fourth-order valence-electron chi connectivity index (χ4n) is 2.96. The van der Waals surface area contributed by atoms with Crippen molar-refractivity contribution in [3.05, 3.63) is 94.5 Å². The van der Waals surface area contributed by atoms with E-state index < -0.39 is 0 Å². The van der Waals surface area contributed by atoms with E-state index in [4.69, 9.17) is 9.72 Å². The topological polar surface area (TPSA) is 57.0 Å². The zero-order valence-electron chi connectivity index (χ0n) is 15.4. The third-order valence-corrected chi connectivity index (χ3v) is 5.42. The van der Waals surface area contributed by atoms with Crippen LogP contribution in [0.15, 0.2) is 82.9 Å². The lowest BCUT2D eigenvalue weighted by molar-refractivity contribution is 0.414. The van der Waals surface area contributed by atoms with Crippen molar-refractivity contribution in [1.82, 2.24) is 14.5 Å². The van der Waals surface area contributed by atoms with E-state index in [1.165, 1.54) is 11.8 Å². The second-order valence-corrected chi connectivity index (χ2v) is 7.21. The Labute approximate surface area is 167 Å². The number of benzene rings is 2. The van der Waals surface area contributed by atoms with Crippen LogP contribution in [0.5, 0.6) is 5.75 Å². The number of nitrogens with zero attached hydrogens (tertiary/aromatic N) is 3. The number of para-hydroxylation sites is 1. The highest BCUT2D eigenvalue weighted by Crippen LogP contribution is 2.24. The lowest BCUT2D eigenvalue weighted by atomic mass is 10.2. The van der Waals surface area contributed by atoms with E-state index >= 15 is 0 Å². The van der Waals surface area contributed by atoms with E-state index in [-0.39, 0.29) is 5.56 Å². The largest absolute Gasteiger partial charge is 0.497 e. The normalized spacial score (nSPS) is 10.9. The number of rotatable bonds is 6. The van der Waals surface area contributed by atoms with Crippen LogP contribution in [0.4, 0.5) is 0 Å². The molecular formula is C22H19N3O2S. The summed E-state index contributed by atoms with van der Waals surface area (Å²) in [5, 5.41) is 1.29. The summed E-state index contributed by atoms with van der Waals surface area (Å²) in [4.78, 5) is 22.2. The first kappa shape index (κ1) is 18.3. The molecule has 0 aliphatic rings. The summed E-state index contributed by atoms with van der Waals surface area (Å²) in [6.07, 6.45) is 1.73. The predicted molar refractivity (Wildman–Crippen MR) is 112 cm³/mol. The molecule has 0 bridgehead atoms. The quantitative estimate of drug-likeness (QED) is 0.366. The van der Waals surface area contributed by atoms with Crippen molar-refractivity contribution in [3.8, 4) is 5.75 Å². The molecule has 4 aromatic rings.